The number of anilines is 1. The molecule has 1 aromatic rings. The standard InChI is InChI=1S/C18H24F2N4O2/c1-12(18(26)22-14-4-5-15(19)16(20)10-14)24-8-6-23(7-9-24)11-17(25)21-13-2-3-13/h4-5,10,12-13H,2-3,6-9,11H2,1H3,(H,21,25)(H,22,26)/t12-/m1/s1. The Bertz CT molecular complexity index is 673. The van der Waals surface area contributed by atoms with E-state index in [1.807, 2.05) is 4.90 Å². The lowest BCUT2D eigenvalue weighted by atomic mass is 10.2. The molecule has 1 aliphatic heterocycles. The second-order valence-electron chi connectivity index (χ2n) is 6.95. The number of rotatable bonds is 6. The van der Waals surface area contributed by atoms with Crippen LogP contribution in [0.4, 0.5) is 14.5 Å². The van der Waals surface area contributed by atoms with Gasteiger partial charge >= 0.3 is 0 Å². The molecule has 0 unspecified atom stereocenters. The number of amides is 2. The molecule has 3 rings (SSSR count). The molecular formula is C18H24F2N4O2. The molecule has 0 radical (unpaired) electrons. The van der Waals surface area contributed by atoms with Crippen molar-refractivity contribution in [3.63, 3.8) is 0 Å². The van der Waals surface area contributed by atoms with E-state index in [1.54, 1.807) is 6.92 Å². The van der Waals surface area contributed by atoms with Crippen LogP contribution in [0.2, 0.25) is 0 Å². The summed E-state index contributed by atoms with van der Waals surface area (Å²) in [4.78, 5) is 28.3. The van der Waals surface area contributed by atoms with Gasteiger partial charge in [-0.25, -0.2) is 8.78 Å². The smallest absolute Gasteiger partial charge is 0.241 e. The van der Waals surface area contributed by atoms with E-state index in [4.69, 9.17) is 0 Å². The third-order valence-electron chi connectivity index (χ3n) is 4.83. The topological polar surface area (TPSA) is 64.7 Å². The summed E-state index contributed by atoms with van der Waals surface area (Å²) < 4.78 is 26.2. The summed E-state index contributed by atoms with van der Waals surface area (Å²) in [6.45, 7) is 4.93. The van der Waals surface area contributed by atoms with Gasteiger partial charge in [-0.2, -0.15) is 0 Å². The zero-order chi connectivity index (χ0) is 18.7. The van der Waals surface area contributed by atoms with Crippen LogP contribution in [0.15, 0.2) is 18.2 Å². The molecule has 1 aromatic carbocycles. The van der Waals surface area contributed by atoms with Crippen LogP contribution >= 0.6 is 0 Å². The second-order valence-corrected chi connectivity index (χ2v) is 6.95. The first-order valence-corrected chi connectivity index (χ1v) is 8.94. The fourth-order valence-corrected chi connectivity index (χ4v) is 3.00. The van der Waals surface area contributed by atoms with E-state index in [0.29, 0.717) is 38.8 Å². The zero-order valence-electron chi connectivity index (χ0n) is 14.8. The number of nitrogens with one attached hydrogen (secondary N) is 2. The van der Waals surface area contributed by atoms with Crippen LogP contribution in [0.25, 0.3) is 0 Å². The minimum absolute atomic E-state index is 0.0603. The van der Waals surface area contributed by atoms with Gasteiger partial charge in [-0.3, -0.25) is 19.4 Å². The van der Waals surface area contributed by atoms with Crippen molar-refractivity contribution < 1.29 is 18.4 Å². The Labute approximate surface area is 151 Å². The maximum absolute atomic E-state index is 13.2. The first-order valence-electron chi connectivity index (χ1n) is 8.94. The van der Waals surface area contributed by atoms with Gasteiger partial charge in [0.05, 0.1) is 12.6 Å². The molecule has 0 spiro atoms. The molecule has 1 heterocycles. The lowest BCUT2D eigenvalue weighted by Crippen LogP contribution is -2.54. The van der Waals surface area contributed by atoms with Gasteiger partial charge in [-0.05, 0) is 31.9 Å². The summed E-state index contributed by atoms with van der Waals surface area (Å²) in [6.07, 6.45) is 2.15. The quantitative estimate of drug-likeness (QED) is 0.794. The van der Waals surface area contributed by atoms with Gasteiger partial charge in [-0.15, -0.1) is 0 Å². The Balaban J connectivity index is 1.44. The first-order chi connectivity index (χ1) is 12.4. The molecule has 0 bridgehead atoms. The summed E-state index contributed by atoms with van der Waals surface area (Å²) in [5, 5.41) is 5.59. The third kappa shape index (κ3) is 4.98. The maximum atomic E-state index is 13.2. The molecule has 26 heavy (non-hydrogen) atoms. The SMILES string of the molecule is C[C@H](C(=O)Nc1ccc(F)c(F)c1)N1CCN(CC(=O)NC2CC2)CC1. The molecular weight excluding hydrogens is 342 g/mol. The van der Waals surface area contributed by atoms with Crippen LogP contribution in [0, 0.1) is 11.6 Å². The van der Waals surface area contributed by atoms with E-state index in [9.17, 15) is 18.4 Å². The number of hydrogen-bond acceptors (Lipinski definition) is 4. The fraction of sp³-hybridized carbons (Fsp3) is 0.556. The number of hydrogen-bond donors (Lipinski definition) is 2. The molecule has 142 valence electrons. The Kier molecular flexibility index (Phi) is 5.83. The number of benzene rings is 1. The van der Waals surface area contributed by atoms with Crippen LogP contribution in [-0.2, 0) is 9.59 Å². The normalized spacial score (nSPS) is 19.8. The molecule has 2 amide bonds. The molecule has 1 saturated carbocycles. The highest BCUT2D eigenvalue weighted by molar-refractivity contribution is 5.94. The highest BCUT2D eigenvalue weighted by Crippen LogP contribution is 2.18. The van der Waals surface area contributed by atoms with E-state index in [1.165, 1.54) is 6.07 Å². The second kappa shape index (κ2) is 8.09. The van der Waals surface area contributed by atoms with Crippen LogP contribution in [-0.4, -0.2) is 66.4 Å². The molecule has 2 N–H and O–H groups in total. The maximum Gasteiger partial charge on any atom is 0.241 e. The Morgan fingerprint density at radius 3 is 2.46 bits per heavy atom. The predicted octanol–water partition coefficient (Wildman–Crippen LogP) is 1.19. The highest BCUT2D eigenvalue weighted by Gasteiger charge is 2.28. The lowest BCUT2D eigenvalue weighted by Gasteiger charge is -2.37. The van der Waals surface area contributed by atoms with E-state index in [2.05, 4.69) is 15.5 Å². The summed E-state index contributed by atoms with van der Waals surface area (Å²) in [5.41, 5.74) is 0.233. The van der Waals surface area contributed by atoms with E-state index in [0.717, 1.165) is 25.0 Å². The average molecular weight is 366 g/mol. The Morgan fingerprint density at radius 1 is 1.15 bits per heavy atom. The van der Waals surface area contributed by atoms with Crippen LogP contribution < -0.4 is 10.6 Å². The van der Waals surface area contributed by atoms with Gasteiger partial charge in [-0.1, -0.05) is 0 Å². The minimum Gasteiger partial charge on any atom is -0.352 e. The van der Waals surface area contributed by atoms with Gasteiger partial charge in [0, 0.05) is 44.0 Å². The molecule has 0 aromatic heterocycles. The molecule has 1 atom stereocenters. The van der Waals surface area contributed by atoms with Gasteiger partial charge in [0.2, 0.25) is 11.8 Å². The van der Waals surface area contributed by atoms with Gasteiger partial charge in [0.1, 0.15) is 0 Å². The Hall–Kier alpha value is -2.06. The van der Waals surface area contributed by atoms with E-state index < -0.39 is 17.7 Å². The largest absolute Gasteiger partial charge is 0.352 e. The molecule has 1 saturated heterocycles. The number of halogens is 2. The monoisotopic (exact) mass is 366 g/mol. The summed E-state index contributed by atoms with van der Waals surface area (Å²) in [5.74, 6) is -2.15. The van der Waals surface area contributed by atoms with Crippen molar-refractivity contribution in [3.8, 4) is 0 Å². The van der Waals surface area contributed by atoms with Crippen molar-refractivity contribution in [3.05, 3.63) is 29.8 Å². The summed E-state index contributed by atoms with van der Waals surface area (Å²) >= 11 is 0. The van der Waals surface area contributed by atoms with E-state index in [-0.39, 0.29) is 17.5 Å². The number of carbonyl (C=O) groups excluding carboxylic acids is 2. The fourth-order valence-electron chi connectivity index (χ4n) is 3.00. The Morgan fingerprint density at radius 2 is 1.85 bits per heavy atom. The van der Waals surface area contributed by atoms with E-state index >= 15 is 0 Å². The molecule has 6 nitrogen and oxygen atoms in total. The molecule has 1 aliphatic carbocycles. The molecule has 2 aliphatic rings. The predicted molar refractivity (Wildman–Crippen MR) is 93.6 cm³/mol. The van der Waals surface area contributed by atoms with Crippen molar-refractivity contribution in [1.29, 1.82) is 0 Å². The van der Waals surface area contributed by atoms with Crippen molar-refractivity contribution in [2.75, 3.05) is 38.0 Å². The van der Waals surface area contributed by atoms with Gasteiger partial charge < -0.3 is 10.6 Å². The number of piperazine rings is 1. The lowest BCUT2D eigenvalue weighted by molar-refractivity contribution is -0.124. The van der Waals surface area contributed by atoms with Crippen molar-refractivity contribution in [2.45, 2.75) is 31.8 Å². The van der Waals surface area contributed by atoms with Crippen LogP contribution in [0.5, 0.6) is 0 Å². The molecule has 2 fully saturated rings. The van der Waals surface area contributed by atoms with Crippen LogP contribution in [0.1, 0.15) is 19.8 Å². The number of nitrogens with zero attached hydrogens (tertiary/aromatic N) is 2. The average Bonchev–Trinajstić information content (AvgIpc) is 3.42. The zero-order valence-corrected chi connectivity index (χ0v) is 14.8. The molecule has 8 heteroatoms. The van der Waals surface area contributed by atoms with Crippen molar-refractivity contribution in [1.82, 2.24) is 15.1 Å². The first kappa shape index (κ1) is 18.7. The summed E-state index contributed by atoms with van der Waals surface area (Å²) in [6, 6.07) is 3.26. The summed E-state index contributed by atoms with van der Waals surface area (Å²) in [7, 11) is 0. The number of carbonyl (C=O) groups is 2. The highest BCUT2D eigenvalue weighted by atomic mass is 19.2. The van der Waals surface area contributed by atoms with Gasteiger partial charge in [0.25, 0.3) is 0 Å². The van der Waals surface area contributed by atoms with Crippen LogP contribution in [0.3, 0.4) is 0 Å². The van der Waals surface area contributed by atoms with Crippen molar-refractivity contribution >= 4 is 17.5 Å². The van der Waals surface area contributed by atoms with Gasteiger partial charge in [0.15, 0.2) is 11.6 Å². The minimum atomic E-state index is -0.992. The third-order valence-corrected chi connectivity index (χ3v) is 4.83. The van der Waals surface area contributed by atoms with Crippen molar-refractivity contribution in [2.24, 2.45) is 0 Å².